The van der Waals surface area contributed by atoms with Gasteiger partial charge >= 0.3 is 5.97 Å². The first-order valence-corrected chi connectivity index (χ1v) is 4.93. The highest BCUT2D eigenvalue weighted by Crippen LogP contribution is 2.39. The first kappa shape index (κ1) is 9.65. The van der Waals surface area contributed by atoms with Crippen molar-refractivity contribution in [1.29, 1.82) is 0 Å². The van der Waals surface area contributed by atoms with Crippen molar-refractivity contribution >= 4 is 11.9 Å². The number of aromatic nitrogens is 1. The van der Waals surface area contributed by atoms with Gasteiger partial charge in [-0.15, -0.1) is 0 Å². The van der Waals surface area contributed by atoms with E-state index >= 15 is 0 Å². The number of benzene rings is 1. The van der Waals surface area contributed by atoms with Gasteiger partial charge in [0.2, 0.25) is 0 Å². The van der Waals surface area contributed by atoms with Crippen LogP contribution in [0.5, 0.6) is 5.75 Å². The molecular weight excluding hydrogens is 222 g/mol. The summed E-state index contributed by atoms with van der Waals surface area (Å²) in [5.74, 6) is -1.96. The van der Waals surface area contributed by atoms with Crippen molar-refractivity contribution in [2.45, 2.75) is 0 Å². The van der Waals surface area contributed by atoms with Crippen LogP contribution in [-0.2, 0) is 0 Å². The Bertz CT molecular complexity index is 669. The fourth-order valence-electron chi connectivity index (χ4n) is 2.13. The van der Waals surface area contributed by atoms with Crippen molar-refractivity contribution in [2.75, 3.05) is 0 Å². The van der Waals surface area contributed by atoms with Crippen molar-refractivity contribution < 1.29 is 19.8 Å². The molecule has 5 nitrogen and oxygen atoms in total. The Morgan fingerprint density at radius 1 is 1.18 bits per heavy atom. The van der Waals surface area contributed by atoms with Crippen LogP contribution in [0.1, 0.15) is 20.7 Å². The molecule has 17 heavy (non-hydrogen) atoms. The predicted octanol–water partition coefficient (Wildman–Crippen LogP) is 1.56. The number of hydrogen-bond donors (Lipinski definition) is 2. The Morgan fingerprint density at radius 2 is 1.82 bits per heavy atom. The third kappa shape index (κ3) is 1.08. The zero-order chi connectivity index (χ0) is 12.2. The van der Waals surface area contributed by atoms with Gasteiger partial charge in [0.25, 0.3) is 5.91 Å². The second kappa shape index (κ2) is 2.98. The minimum absolute atomic E-state index is 0.233. The number of carboxylic acid groups (broad SMARTS) is 1. The molecule has 1 aromatic carbocycles. The standard InChI is InChI=1S/C12H7NO4/c14-8-5-13-10(9(8)12(16)17)6-3-1-2-4-7(6)11(13)15/h1-5,14H,(H,16,17). The van der Waals surface area contributed by atoms with E-state index in [1.165, 1.54) is 4.57 Å². The molecule has 0 bridgehead atoms. The number of carbonyl (C=O) groups is 2. The Kier molecular flexibility index (Phi) is 1.69. The Morgan fingerprint density at radius 3 is 2.47 bits per heavy atom. The van der Waals surface area contributed by atoms with Gasteiger partial charge in [-0.1, -0.05) is 18.2 Å². The zero-order valence-corrected chi connectivity index (χ0v) is 8.54. The fraction of sp³-hybridized carbons (Fsp3) is 0. The fourth-order valence-corrected chi connectivity index (χ4v) is 2.13. The number of hydrogen-bond acceptors (Lipinski definition) is 3. The van der Waals surface area contributed by atoms with Gasteiger partial charge in [0, 0.05) is 11.1 Å². The molecule has 0 radical (unpaired) electrons. The number of carbonyl (C=O) groups excluding carboxylic acids is 1. The van der Waals surface area contributed by atoms with E-state index in [0.29, 0.717) is 11.1 Å². The van der Waals surface area contributed by atoms with E-state index in [-0.39, 0.29) is 17.2 Å². The topological polar surface area (TPSA) is 79.5 Å². The number of nitrogens with zero attached hydrogens (tertiary/aromatic N) is 1. The molecule has 2 N–H and O–H groups in total. The molecule has 0 fully saturated rings. The molecule has 2 heterocycles. The van der Waals surface area contributed by atoms with Crippen LogP contribution in [0.3, 0.4) is 0 Å². The van der Waals surface area contributed by atoms with E-state index in [2.05, 4.69) is 0 Å². The predicted molar refractivity (Wildman–Crippen MR) is 58.2 cm³/mol. The molecule has 5 heteroatoms. The van der Waals surface area contributed by atoms with Crippen LogP contribution in [0.4, 0.5) is 0 Å². The second-order valence-corrected chi connectivity index (χ2v) is 3.76. The summed E-state index contributed by atoms with van der Waals surface area (Å²) in [6.07, 6.45) is 1.14. The lowest BCUT2D eigenvalue weighted by Crippen LogP contribution is -2.04. The van der Waals surface area contributed by atoms with Crippen molar-refractivity contribution in [2.24, 2.45) is 0 Å². The van der Waals surface area contributed by atoms with Crippen LogP contribution >= 0.6 is 0 Å². The van der Waals surface area contributed by atoms with Crippen molar-refractivity contribution in [3.05, 3.63) is 41.6 Å². The molecule has 0 atom stereocenters. The highest BCUT2D eigenvalue weighted by Gasteiger charge is 2.33. The van der Waals surface area contributed by atoms with E-state index in [1.54, 1.807) is 24.3 Å². The van der Waals surface area contributed by atoms with Gasteiger partial charge in [0.15, 0.2) is 0 Å². The van der Waals surface area contributed by atoms with Crippen molar-refractivity contribution in [3.8, 4) is 17.0 Å². The maximum Gasteiger partial charge on any atom is 0.341 e. The Labute approximate surface area is 95.5 Å². The summed E-state index contributed by atoms with van der Waals surface area (Å²) in [4.78, 5) is 23.0. The van der Waals surface area contributed by atoms with Gasteiger partial charge in [-0.3, -0.25) is 9.36 Å². The lowest BCUT2D eigenvalue weighted by molar-refractivity contribution is 0.0695. The monoisotopic (exact) mass is 229 g/mol. The van der Waals surface area contributed by atoms with Gasteiger partial charge in [0.1, 0.15) is 11.3 Å². The molecule has 1 aliphatic heterocycles. The molecule has 0 spiro atoms. The molecule has 0 saturated heterocycles. The van der Waals surface area contributed by atoms with Crippen LogP contribution in [-0.4, -0.2) is 26.7 Å². The second-order valence-electron chi connectivity index (χ2n) is 3.76. The molecule has 0 amide bonds. The van der Waals surface area contributed by atoms with E-state index in [1.807, 2.05) is 0 Å². The molecule has 2 aromatic rings. The van der Waals surface area contributed by atoms with Gasteiger partial charge in [-0.2, -0.15) is 0 Å². The highest BCUT2D eigenvalue weighted by atomic mass is 16.4. The van der Waals surface area contributed by atoms with Gasteiger partial charge in [-0.25, -0.2) is 4.79 Å². The molecular formula is C12H7NO4. The van der Waals surface area contributed by atoms with Crippen LogP contribution in [0, 0.1) is 0 Å². The van der Waals surface area contributed by atoms with E-state index in [9.17, 15) is 14.7 Å². The lowest BCUT2D eigenvalue weighted by Gasteiger charge is -1.98. The van der Waals surface area contributed by atoms with Crippen LogP contribution in [0.2, 0.25) is 0 Å². The third-order valence-electron chi connectivity index (χ3n) is 2.83. The summed E-state index contributed by atoms with van der Waals surface area (Å²) < 4.78 is 1.17. The highest BCUT2D eigenvalue weighted by molar-refractivity contribution is 6.14. The summed E-state index contributed by atoms with van der Waals surface area (Å²) in [5.41, 5.74) is 0.999. The van der Waals surface area contributed by atoms with E-state index in [0.717, 1.165) is 6.20 Å². The molecule has 0 saturated carbocycles. The van der Waals surface area contributed by atoms with Crippen LogP contribution < -0.4 is 0 Å². The molecule has 3 rings (SSSR count). The maximum atomic E-state index is 11.9. The van der Waals surface area contributed by atoms with E-state index < -0.39 is 11.7 Å². The summed E-state index contributed by atoms with van der Waals surface area (Å²) in [6.45, 7) is 0. The number of carboxylic acids is 1. The van der Waals surface area contributed by atoms with E-state index in [4.69, 9.17) is 5.11 Å². The van der Waals surface area contributed by atoms with Crippen molar-refractivity contribution in [1.82, 2.24) is 4.57 Å². The Balaban J connectivity index is 2.42. The summed E-state index contributed by atoms with van der Waals surface area (Å²) >= 11 is 0. The van der Waals surface area contributed by atoms with Gasteiger partial charge in [-0.05, 0) is 6.07 Å². The average Bonchev–Trinajstić information content (AvgIpc) is 2.76. The zero-order valence-electron chi connectivity index (χ0n) is 8.54. The number of aromatic hydroxyl groups is 1. The van der Waals surface area contributed by atoms with Crippen molar-refractivity contribution in [3.63, 3.8) is 0 Å². The SMILES string of the molecule is O=C(O)c1c(O)cn2c1-c1ccccc1C2=O. The molecule has 84 valence electrons. The smallest absolute Gasteiger partial charge is 0.341 e. The van der Waals surface area contributed by atoms with Gasteiger partial charge < -0.3 is 10.2 Å². The Hall–Kier alpha value is -2.56. The number of rotatable bonds is 1. The number of fused-ring (bicyclic) bond motifs is 3. The quantitative estimate of drug-likeness (QED) is 0.663. The van der Waals surface area contributed by atoms with Gasteiger partial charge in [0.05, 0.1) is 11.9 Å². The molecule has 1 aliphatic rings. The first-order valence-electron chi connectivity index (χ1n) is 4.93. The maximum absolute atomic E-state index is 11.9. The largest absolute Gasteiger partial charge is 0.505 e. The minimum atomic E-state index is -1.25. The summed E-state index contributed by atoms with van der Waals surface area (Å²) in [7, 11) is 0. The lowest BCUT2D eigenvalue weighted by atomic mass is 10.0. The molecule has 0 unspecified atom stereocenters. The third-order valence-corrected chi connectivity index (χ3v) is 2.83. The van der Waals surface area contributed by atoms with Crippen LogP contribution in [0.25, 0.3) is 11.3 Å². The summed E-state index contributed by atoms with van der Waals surface area (Å²) in [5, 5.41) is 18.6. The minimum Gasteiger partial charge on any atom is -0.505 e. The first-order chi connectivity index (χ1) is 8.11. The normalized spacial score (nSPS) is 12.4. The van der Waals surface area contributed by atoms with Crippen LogP contribution in [0.15, 0.2) is 30.5 Å². The molecule has 0 aliphatic carbocycles. The summed E-state index contributed by atoms with van der Waals surface area (Å²) in [6, 6.07) is 6.73. The average molecular weight is 229 g/mol. The molecule has 1 aromatic heterocycles. The number of aromatic carboxylic acids is 1.